The lowest BCUT2D eigenvalue weighted by atomic mass is 10.1. The van der Waals surface area contributed by atoms with E-state index < -0.39 is 0 Å². The van der Waals surface area contributed by atoms with Gasteiger partial charge in [-0.15, -0.1) is 0 Å². The number of nitrogens with zero attached hydrogens (tertiary/aromatic N) is 3. The van der Waals surface area contributed by atoms with Crippen molar-refractivity contribution in [2.75, 3.05) is 12.4 Å². The molecular weight excluding hydrogens is 340 g/mol. The maximum Gasteiger partial charge on any atom is 0.161 e. The molecule has 0 saturated heterocycles. The van der Waals surface area contributed by atoms with Crippen molar-refractivity contribution >= 4 is 17.2 Å². The van der Waals surface area contributed by atoms with Gasteiger partial charge in [-0.2, -0.15) is 0 Å². The van der Waals surface area contributed by atoms with Crippen LogP contribution in [0.1, 0.15) is 11.1 Å². The molecule has 0 aliphatic heterocycles. The summed E-state index contributed by atoms with van der Waals surface area (Å²) < 4.78 is 7.22. The Morgan fingerprint density at radius 2 is 2.00 bits per heavy atom. The molecule has 2 aromatic heterocycles. The minimum absolute atomic E-state index is 0.0933. The molecule has 2 heterocycles. The van der Waals surface area contributed by atoms with E-state index in [1.54, 1.807) is 24.5 Å². The first-order valence-corrected chi connectivity index (χ1v) is 8.61. The molecule has 0 aliphatic carbocycles. The highest BCUT2D eigenvalue weighted by atomic mass is 16.5. The Balaban J connectivity index is 1.91. The zero-order chi connectivity index (χ0) is 19.0. The number of fused-ring (bicyclic) bond motifs is 1. The van der Waals surface area contributed by atoms with Crippen molar-refractivity contribution in [3.8, 4) is 22.8 Å². The highest BCUT2D eigenvalue weighted by Gasteiger charge is 2.17. The van der Waals surface area contributed by atoms with E-state index in [0.29, 0.717) is 5.75 Å². The Morgan fingerprint density at radius 3 is 2.81 bits per heavy atom. The molecule has 4 rings (SSSR count). The Bertz CT molecular complexity index is 1130. The van der Waals surface area contributed by atoms with Gasteiger partial charge in [-0.25, -0.2) is 4.98 Å². The van der Waals surface area contributed by atoms with Crippen LogP contribution in [0.4, 0.5) is 11.5 Å². The van der Waals surface area contributed by atoms with E-state index >= 15 is 0 Å². The Kier molecular flexibility index (Phi) is 4.16. The summed E-state index contributed by atoms with van der Waals surface area (Å²) in [4.78, 5) is 8.91. The summed E-state index contributed by atoms with van der Waals surface area (Å²) in [6.07, 6.45) is 5.32. The van der Waals surface area contributed by atoms with Crippen LogP contribution >= 0.6 is 0 Å². The number of hydrogen-bond donors (Lipinski definition) is 2. The molecule has 6 heteroatoms. The predicted octanol–water partition coefficient (Wildman–Crippen LogP) is 4.47. The minimum Gasteiger partial charge on any atom is -0.504 e. The number of hydrogen-bond acceptors (Lipinski definition) is 5. The third kappa shape index (κ3) is 2.95. The van der Waals surface area contributed by atoms with Gasteiger partial charge in [0, 0.05) is 23.6 Å². The van der Waals surface area contributed by atoms with Gasteiger partial charge in [0.1, 0.15) is 11.5 Å². The summed E-state index contributed by atoms with van der Waals surface area (Å²) in [5, 5.41) is 13.4. The molecule has 4 aromatic rings. The fourth-order valence-electron chi connectivity index (χ4n) is 3.07. The van der Waals surface area contributed by atoms with Gasteiger partial charge in [-0.3, -0.25) is 9.38 Å². The van der Waals surface area contributed by atoms with Crippen molar-refractivity contribution in [2.45, 2.75) is 13.8 Å². The molecule has 27 heavy (non-hydrogen) atoms. The van der Waals surface area contributed by atoms with Crippen LogP contribution in [0.15, 0.2) is 55.0 Å². The van der Waals surface area contributed by atoms with E-state index in [1.165, 1.54) is 18.2 Å². The highest BCUT2D eigenvalue weighted by Crippen LogP contribution is 2.36. The molecule has 0 spiro atoms. The van der Waals surface area contributed by atoms with Gasteiger partial charge in [-0.1, -0.05) is 12.1 Å². The summed E-state index contributed by atoms with van der Waals surface area (Å²) in [6.45, 7) is 4.18. The average Bonchev–Trinajstić information content (AvgIpc) is 3.04. The maximum absolute atomic E-state index is 9.92. The molecule has 0 saturated carbocycles. The van der Waals surface area contributed by atoms with Gasteiger partial charge >= 0.3 is 0 Å². The molecule has 2 N–H and O–H groups in total. The van der Waals surface area contributed by atoms with Crippen LogP contribution in [0.25, 0.3) is 16.9 Å². The molecule has 0 amide bonds. The van der Waals surface area contributed by atoms with E-state index in [0.717, 1.165) is 28.4 Å². The van der Waals surface area contributed by atoms with Crippen molar-refractivity contribution in [3.05, 3.63) is 66.1 Å². The number of aromatic nitrogens is 3. The van der Waals surface area contributed by atoms with Gasteiger partial charge in [0.15, 0.2) is 17.1 Å². The number of nitrogens with one attached hydrogen (secondary N) is 1. The lowest BCUT2D eigenvalue weighted by Crippen LogP contribution is -2.00. The Morgan fingerprint density at radius 1 is 1.15 bits per heavy atom. The van der Waals surface area contributed by atoms with Gasteiger partial charge in [-0.05, 0) is 49.2 Å². The van der Waals surface area contributed by atoms with Gasteiger partial charge in [0.2, 0.25) is 0 Å². The van der Waals surface area contributed by atoms with Crippen LogP contribution < -0.4 is 10.1 Å². The monoisotopic (exact) mass is 360 g/mol. The lowest BCUT2D eigenvalue weighted by Gasteiger charge is -2.13. The van der Waals surface area contributed by atoms with Crippen LogP contribution in [0.3, 0.4) is 0 Å². The number of anilines is 2. The number of benzene rings is 2. The topological polar surface area (TPSA) is 71.7 Å². The fourth-order valence-corrected chi connectivity index (χ4v) is 3.07. The van der Waals surface area contributed by atoms with Crippen molar-refractivity contribution in [1.29, 1.82) is 0 Å². The van der Waals surface area contributed by atoms with E-state index in [1.807, 2.05) is 28.8 Å². The van der Waals surface area contributed by atoms with E-state index in [-0.39, 0.29) is 5.75 Å². The first kappa shape index (κ1) is 16.9. The second-order valence-corrected chi connectivity index (χ2v) is 6.37. The molecule has 0 aliphatic rings. The molecule has 136 valence electrons. The number of methoxy groups -OCH3 is 1. The van der Waals surface area contributed by atoms with Gasteiger partial charge < -0.3 is 15.2 Å². The van der Waals surface area contributed by atoms with Crippen molar-refractivity contribution in [2.24, 2.45) is 0 Å². The third-order valence-corrected chi connectivity index (χ3v) is 4.74. The molecule has 0 fully saturated rings. The molecule has 0 bridgehead atoms. The first-order valence-electron chi connectivity index (χ1n) is 8.61. The second-order valence-electron chi connectivity index (χ2n) is 6.37. The average molecular weight is 360 g/mol. The van der Waals surface area contributed by atoms with E-state index in [4.69, 9.17) is 9.72 Å². The number of imidazole rings is 1. The number of phenols is 1. The van der Waals surface area contributed by atoms with Gasteiger partial charge in [0.05, 0.1) is 13.3 Å². The van der Waals surface area contributed by atoms with Crippen LogP contribution in [0.5, 0.6) is 11.5 Å². The Hall–Kier alpha value is -3.54. The van der Waals surface area contributed by atoms with Gasteiger partial charge in [0.25, 0.3) is 0 Å². The summed E-state index contributed by atoms with van der Waals surface area (Å²) in [5.41, 5.74) is 5.72. The normalized spacial score (nSPS) is 10.9. The summed E-state index contributed by atoms with van der Waals surface area (Å²) in [6, 6.07) is 11.4. The van der Waals surface area contributed by atoms with Crippen molar-refractivity contribution in [1.82, 2.24) is 14.4 Å². The zero-order valence-corrected chi connectivity index (χ0v) is 15.4. The number of aromatic hydroxyl groups is 1. The largest absolute Gasteiger partial charge is 0.504 e. The van der Waals surface area contributed by atoms with Crippen molar-refractivity contribution < 1.29 is 9.84 Å². The number of ether oxygens (including phenoxy) is 1. The number of rotatable bonds is 4. The second kappa shape index (κ2) is 6.64. The minimum atomic E-state index is 0.0933. The first-order chi connectivity index (χ1) is 13.1. The van der Waals surface area contributed by atoms with Crippen LogP contribution in [-0.2, 0) is 0 Å². The SMILES string of the molecule is COc1cc(-c2nc3cnccn3c2Nc2cccc(C)c2C)ccc1O. The highest BCUT2D eigenvalue weighted by molar-refractivity contribution is 5.81. The predicted molar refractivity (Wildman–Crippen MR) is 106 cm³/mol. The third-order valence-electron chi connectivity index (χ3n) is 4.74. The van der Waals surface area contributed by atoms with Crippen LogP contribution in [0, 0.1) is 13.8 Å². The number of phenolic OH excluding ortho intramolecular Hbond substituents is 1. The maximum atomic E-state index is 9.92. The standard InChI is InChI=1S/C21H20N4O2/c1-13-5-4-6-16(14(13)2)23-21-20(24-19-12-22-9-10-25(19)21)15-7-8-17(26)18(11-15)27-3/h4-12,23,26H,1-3H3. The smallest absolute Gasteiger partial charge is 0.161 e. The molecule has 0 radical (unpaired) electrons. The summed E-state index contributed by atoms with van der Waals surface area (Å²) in [7, 11) is 1.53. The fraction of sp³-hybridized carbons (Fsp3) is 0.143. The lowest BCUT2D eigenvalue weighted by molar-refractivity contribution is 0.373. The van der Waals surface area contributed by atoms with E-state index in [2.05, 4.69) is 30.2 Å². The van der Waals surface area contributed by atoms with Crippen LogP contribution in [0.2, 0.25) is 0 Å². The summed E-state index contributed by atoms with van der Waals surface area (Å²) >= 11 is 0. The quantitative estimate of drug-likeness (QED) is 0.562. The Labute approximate surface area is 157 Å². The van der Waals surface area contributed by atoms with E-state index in [9.17, 15) is 5.11 Å². The zero-order valence-electron chi connectivity index (χ0n) is 15.4. The molecule has 0 unspecified atom stereocenters. The molecular formula is C21H20N4O2. The van der Waals surface area contributed by atoms with Crippen LogP contribution in [-0.4, -0.2) is 26.6 Å². The molecule has 2 aromatic carbocycles. The summed E-state index contributed by atoms with van der Waals surface area (Å²) in [5.74, 6) is 1.32. The van der Waals surface area contributed by atoms with Crippen molar-refractivity contribution in [3.63, 3.8) is 0 Å². The molecule has 6 nitrogen and oxygen atoms in total. The number of aryl methyl sites for hydroxylation is 1. The molecule has 0 atom stereocenters.